The van der Waals surface area contributed by atoms with Crippen molar-refractivity contribution in [3.05, 3.63) is 134 Å². The van der Waals surface area contributed by atoms with E-state index in [2.05, 4.69) is 82.7 Å². The van der Waals surface area contributed by atoms with Gasteiger partial charge in [-0.25, -0.2) is 0 Å². The lowest BCUT2D eigenvalue weighted by Crippen LogP contribution is -2.23. The minimum Gasteiger partial charge on any atom is -0.499 e. The summed E-state index contributed by atoms with van der Waals surface area (Å²) in [6.07, 6.45) is 1.72. The standard InChI is InChI=1S/C31H23BrO2S/c32-24-15-13-20(14-16-24)19-9-11-21(12-10-19)23-17-22-5-1-2-6-25(22)27(18-23)29-30(33)26-7-3-4-8-28(26)35-31(29)34/h1-16,23,27,34H,17-18H2/i9+1,10+1,11+1,12+1,19+1,21+1. The fourth-order valence-electron chi connectivity index (χ4n) is 5.39. The molecule has 1 N–H and O–H groups in total. The number of rotatable bonds is 3. The van der Waals surface area contributed by atoms with Crippen LogP contribution >= 0.6 is 27.3 Å². The average Bonchev–Trinajstić information content (AvgIpc) is 2.89. The van der Waals surface area contributed by atoms with E-state index in [0.29, 0.717) is 10.9 Å². The predicted octanol–water partition coefficient (Wildman–Crippen LogP) is 8.26. The zero-order valence-electron chi connectivity index (χ0n) is 18.9. The summed E-state index contributed by atoms with van der Waals surface area (Å²) in [6, 6.07) is 33.1. The highest BCUT2D eigenvalue weighted by Crippen LogP contribution is 2.46. The molecule has 172 valence electrons. The molecule has 1 heterocycles. The minimum atomic E-state index is -0.135. The molecule has 4 heteroatoms. The van der Waals surface area contributed by atoms with Gasteiger partial charge >= 0.3 is 0 Å². The van der Waals surface area contributed by atoms with Gasteiger partial charge in [0, 0.05) is 20.5 Å². The Kier molecular flexibility index (Phi) is 5.79. The first-order valence-corrected chi connectivity index (χ1v) is 13.4. The van der Waals surface area contributed by atoms with Gasteiger partial charge in [-0.1, -0.05) is 100 Å². The van der Waals surface area contributed by atoms with Gasteiger partial charge in [-0.2, -0.15) is 0 Å². The molecule has 1 aliphatic rings. The summed E-state index contributed by atoms with van der Waals surface area (Å²) in [6.45, 7) is 0. The zero-order chi connectivity index (χ0) is 23.9. The van der Waals surface area contributed by atoms with Crippen LogP contribution in [0.5, 0.6) is 5.06 Å². The van der Waals surface area contributed by atoms with Crippen LogP contribution in [0.15, 0.2) is 106 Å². The van der Waals surface area contributed by atoms with Crippen molar-refractivity contribution < 1.29 is 5.11 Å². The zero-order valence-corrected chi connectivity index (χ0v) is 21.4. The van der Waals surface area contributed by atoms with E-state index in [1.807, 2.05) is 30.3 Å². The molecule has 0 spiro atoms. The molecule has 0 saturated carbocycles. The second-order valence-corrected chi connectivity index (χ2v) is 11.1. The van der Waals surface area contributed by atoms with Crippen molar-refractivity contribution >= 4 is 37.4 Å². The van der Waals surface area contributed by atoms with Gasteiger partial charge in [-0.05, 0) is 70.8 Å². The van der Waals surface area contributed by atoms with Gasteiger partial charge in [-0.3, -0.25) is 4.79 Å². The van der Waals surface area contributed by atoms with E-state index in [0.717, 1.165) is 27.6 Å². The summed E-state index contributed by atoms with van der Waals surface area (Å²) >= 11 is 4.80. The molecule has 0 fully saturated rings. The SMILES string of the molecule is O=c1c(C2CC([13c]3[13cH][13cH][13c](-c4ccc(Br)cc4)[13cH][13cH]3)Cc3ccccc32)c(O)sc2ccccc12. The van der Waals surface area contributed by atoms with Gasteiger partial charge < -0.3 is 5.11 Å². The van der Waals surface area contributed by atoms with Crippen molar-refractivity contribution in [2.45, 2.75) is 24.7 Å². The van der Waals surface area contributed by atoms with Crippen LogP contribution in [0.25, 0.3) is 21.2 Å². The van der Waals surface area contributed by atoms with Crippen molar-refractivity contribution in [2.24, 2.45) is 0 Å². The molecule has 1 aliphatic carbocycles. The molecule has 4 aromatic carbocycles. The Bertz CT molecular complexity index is 1590. The normalized spacial score (nSPS) is 17.3. The number of fused-ring (bicyclic) bond motifs is 2. The molecule has 2 unspecified atom stereocenters. The molecule has 0 amide bonds. The Morgan fingerprint density at radius 2 is 1.46 bits per heavy atom. The Balaban J connectivity index is 1.41. The third kappa shape index (κ3) is 4.11. The first-order valence-electron chi connectivity index (χ1n) is 11.8. The molecule has 35 heavy (non-hydrogen) atoms. The van der Waals surface area contributed by atoms with E-state index < -0.39 is 0 Å². The summed E-state index contributed by atoms with van der Waals surface area (Å²) in [7, 11) is 0. The number of halogens is 1. The van der Waals surface area contributed by atoms with Gasteiger partial charge in [-0.15, -0.1) is 0 Å². The summed E-state index contributed by atoms with van der Waals surface area (Å²) in [5, 5.41) is 11.8. The molecule has 5 aromatic rings. The molecular formula is C31H23BrO2S. The van der Waals surface area contributed by atoms with Crippen LogP contribution in [0.2, 0.25) is 0 Å². The van der Waals surface area contributed by atoms with Crippen LogP contribution in [-0.4, -0.2) is 5.11 Å². The lowest BCUT2D eigenvalue weighted by atomic mass is 9.76. The number of hydrogen-bond donors (Lipinski definition) is 1. The van der Waals surface area contributed by atoms with Crippen molar-refractivity contribution in [1.29, 1.82) is 0 Å². The highest BCUT2D eigenvalue weighted by molar-refractivity contribution is 9.10. The van der Waals surface area contributed by atoms with Crippen LogP contribution in [0.1, 0.15) is 40.5 Å². The summed E-state index contributed by atoms with van der Waals surface area (Å²) in [4.78, 5) is 13.6. The lowest BCUT2D eigenvalue weighted by Gasteiger charge is -2.32. The van der Waals surface area contributed by atoms with Gasteiger partial charge in [0.2, 0.25) is 0 Å². The maximum absolute atomic E-state index is 13.6. The second kappa shape index (κ2) is 9.10. The Hall–Kier alpha value is -3.21. The van der Waals surface area contributed by atoms with E-state index in [1.165, 1.54) is 33.6 Å². The van der Waals surface area contributed by atoms with E-state index in [-0.39, 0.29) is 22.3 Å². The number of hydrogen-bond acceptors (Lipinski definition) is 3. The summed E-state index contributed by atoms with van der Waals surface area (Å²) < 4.78 is 1.89. The maximum atomic E-state index is 13.6. The first kappa shape index (κ1) is 22.3. The summed E-state index contributed by atoms with van der Waals surface area (Å²) in [5.74, 6) is 0.133. The highest BCUT2D eigenvalue weighted by Gasteiger charge is 2.32. The van der Waals surface area contributed by atoms with E-state index >= 15 is 0 Å². The van der Waals surface area contributed by atoms with Crippen LogP contribution in [-0.2, 0) is 6.42 Å². The molecule has 0 saturated heterocycles. The van der Waals surface area contributed by atoms with Crippen molar-refractivity contribution in [3.63, 3.8) is 0 Å². The fraction of sp³-hybridized carbons (Fsp3) is 0.129. The number of benzene rings is 4. The lowest BCUT2D eigenvalue weighted by molar-refractivity contribution is 0.465. The van der Waals surface area contributed by atoms with Gasteiger partial charge in [0.1, 0.15) is 0 Å². The molecule has 0 radical (unpaired) electrons. The molecule has 0 aliphatic heterocycles. The van der Waals surface area contributed by atoms with Crippen molar-refractivity contribution in [1.82, 2.24) is 0 Å². The van der Waals surface area contributed by atoms with Crippen LogP contribution < -0.4 is 5.43 Å². The van der Waals surface area contributed by atoms with Crippen LogP contribution in [0, 0.1) is 0 Å². The molecular weight excluding hydrogens is 522 g/mol. The molecule has 6 rings (SSSR count). The molecule has 2 nitrogen and oxygen atoms in total. The largest absolute Gasteiger partial charge is 0.499 e. The van der Waals surface area contributed by atoms with Gasteiger partial charge in [0.25, 0.3) is 0 Å². The Morgan fingerprint density at radius 3 is 2.23 bits per heavy atom. The Morgan fingerprint density at radius 1 is 0.800 bits per heavy atom. The first-order chi connectivity index (χ1) is 17.1. The monoisotopic (exact) mass is 544 g/mol. The smallest absolute Gasteiger partial charge is 0.195 e. The third-order valence-electron chi connectivity index (χ3n) is 7.14. The highest BCUT2D eigenvalue weighted by atomic mass is 79.9. The van der Waals surface area contributed by atoms with Crippen molar-refractivity contribution in [3.8, 4) is 16.2 Å². The van der Waals surface area contributed by atoms with E-state index in [4.69, 9.17) is 0 Å². The third-order valence-corrected chi connectivity index (χ3v) is 8.66. The quantitative estimate of drug-likeness (QED) is 0.248. The van der Waals surface area contributed by atoms with Gasteiger partial charge in [0.05, 0.1) is 5.56 Å². The minimum absolute atomic E-state index is 0.0529. The van der Waals surface area contributed by atoms with E-state index in [9.17, 15) is 9.90 Å². The second-order valence-electron chi connectivity index (χ2n) is 9.16. The topological polar surface area (TPSA) is 37.3 Å². The molecule has 2 atom stereocenters. The van der Waals surface area contributed by atoms with Gasteiger partial charge in [0.15, 0.2) is 10.5 Å². The van der Waals surface area contributed by atoms with Crippen molar-refractivity contribution in [2.75, 3.05) is 0 Å². The summed E-state index contributed by atoms with van der Waals surface area (Å²) in [5.41, 5.74) is 6.53. The Labute approximate surface area is 216 Å². The van der Waals surface area contributed by atoms with E-state index in [1.54, 1.807) is 0 Å². The van der Waals surface area contributed by atoms with Crippen LogP contribution in [0.3, 0.4) is 0 Å². The average molecular weight is 545 g/mol. The molecule has 0 bridgehead atoms. The number of aromatic hydroxyl groups is 1. The van der Waals surface area contributed by atoms with Crippen LogP contribution in [0.4, 0.5) is 0 Å². The molecule has 1 aromatic heterocycles. The maximum Gasteiger partial charge on any atom is 0.195 e. The fourth-order valence-corrected chi connectivity index (χ4v) is 6.62. The predicted molar refractivity (Wildman–Crippen MR) is 149 cm³/mol.